The van der Waals surface area contributed by atoms with E-state index in [2.05, 4.69) is 83.4 Å². The van der Waals surface area contributed by atoms with E-state index in [9.17, 15) is 4.39 Å². The van der Waals surface area contributed by atoms with Gasteiger partial charge in [-0.15, -0.1) is 0 Å². The summed E-state index contributed by atoms with van der Waals surface area (Å²) in [6.45, 7) is 0. The summed E-state index contributed by atoms with van der Waals surface area (Å²) in [5.41, 5.74) is 9.93. The fourth-order valence-electron chi connectivity index (χ4n) is 6.71. The van der Waals surface area contributed by atoms with Gasteiger partial charge in [0.15, 0.2) is 17.5 Å². The number of para-hydroxylation sites is 1. The molecule has 9 aromatic rings. The molecule has 0 bridgehead atoms. The van der Waals surface area contributed by atoms with E-state index in [1.165, 1.54) is 17.7 Å². The highest BCUT2D eigenvalue weighted by Gasteiger charge is 2.19. The molecule has 0 saturated heterocycles. The average molecular weight is 645 g/mol. The maximum Gasteiger partial charge on any atom is 0.164 e. The molecule has 0 radical (unpaired) electrons. The van der Waals surface area contributed by atoms with Gasteiger partial charge >= 0.3 is 0 Å². The third-order valence-corrected chi connectivity index (χ3v) is 9.13. The molecule has 0 atom stereocenters. The predicted molar refractivity (Wildman–Crippen MR) is 201 cm³/mol. The topological polar surface area (TPSA) is 43.6 Å². The van der Waals surface area contributed by atoms with E-state index in [0.29, 0.717) is 17.5 Å². The summed E-state index contributed by atoms with van der Waals surface area (Å²) in [4.78, 5) is 14.9. The Kier molecular flexibility index (Phi) is 7.29. The zero-order chi connectivity index (χ0) is 33.4. The van der Waals surface area contributed by atoms with Crippen molar-refractivity contribution in [2.75, 3.05) is 0 Å². The number of rotatable bonds is 6. The third-order valence-electron chi connectivity index (χ3n) is 9.13. The summed E-state index contributed by atoms with van der Waals surface area (Å²) in [7, 11) is 0. The number of fused-ring (bicyclic) bond motifs is 3. The molecular weight excluding hydrogens is 616 g/mol. The lowest BCUT2D eigenvalue weighted by atomic mass is 10.00. The minimum absolute atomic E-state index is 0.274. The number of aromatic nitrogens is 4. The molecule has 0 aliphatic heterocycles. The Balaban J connectivity index is 1.31. The van der Waals surface area contributed by atoms with Gasteiger partial charge < -0.3 is 4.57 Å². The molecule has 0 fully saturated rings. The number of nitrogens with zero attached hydrogens (tertiary/aromatic N) is 4. The molecule has 0 aliphatic carbocycles. The molecule has 9 rings (SSSR count). The Labute approximate surface area is 288 Å². The van der Waals surface area contributed by atoms with Crippen LogP contribution in [0.25, 0.3) is 83.9 Å². The fraction of sp³-hybridized carbons (Fsp3) is 0. The van der Waals surface area contributed by atoms with Gasteiger partial charge in [0, 0.05) is 33.0 Å². The standard InChI is InChI=1S/C45H29FN4/c46-36-24-20-31(21-25-36)37-26-22-35(45-48-43(32-14-6-2-7-15-32)47-44(49-45)33-16-8-3-9-17-33)29-42(37)50-40-19-11-10-18-38(40)39-28-34(23-27-41(39)50)30-12-4-1-5-13-30/h1-29H. The number of hydrogen-bond acceptors (Lipinski definition) is 3. The lowest BCUT2D eigenvalue weighted by Gasteiger charge is -2.16. The maximum atomic E-state index is 14.2. The van der Waals surface area contributed by atoms with E-state index >= 15 is 0 Å². The molecule has 0 N–H and O–H groups in total. The second kappa shape index (κ2) is 12.4. The first-order chi connectivity index (χ1) is 24.7. The van der Waals surface area contributed by atoms with Crippen LogP contribution in [-0.2, 0) is 0 Å². The molecular formula is C45H29FN4. The quantitative estimate of drug-likeness (QED) is 0.181. The Morgan fingerprint density at radius 3 is 1.50 bits per heavy atom. The Bertz CT molecular complexity index is 2570. The average Bonchev–Trinajstić information content (AvgIpc) is 3.52. The van der Waals surface area contributed by atoms with Crippen molar-refractivity contribution >= 4 is 21.8 Å². The molecule has 0 unspecified atom stereocenters. The minimum atomic E-state index is -0.274. The van der Waals surface area contributed by atoms with E-state index in [0.717, 1.165) is 60.9 Å². The van der Waals surface area contributed by atoms with Crippen LogP contribution in [0.15, 0.2) is 176 Å². The smallest absolute Gasteiger partial charge is 0.164 e. The zero-order valence-electron chi connectivity index (χ0n) is 26.9. The van der Waals surface area contributed by atoms with Gasteiger partial charge in [-0.25, -0.2) is 19.3 Å². The molecule has 50 heavy (non-hydrogen) atoms. The van der Waals surface area contributed by atoms with Crippen molar-refractivity contribution in [3.63, 3.8) is 0 Å². The summed E-state index contributed by atoms with van der Waals surface area (Å²) < 4.78 is 16.5. The van der Waals surface area contributed by atoms with E-state index in [-0.39, 0.29) is 5.82 Å². The van der Waals surface area contributed by atoms with Crippen LogP contribution in [-0.4, -0.2) is 19.5 Å². The van der Waals surface area contributed by atoms with Crippen LogP contribution in [0.4, 0.5) is 4.39 Å². The van der Waals surface area contributed by atoms with Gasteiger partial charge in [0.2, 0.25) is 0 Å². The van der Waals surface area contributed by atoms with Crippen molar-refractivity contribution in [3.8, 4) is 62.1 Å². The van der Waals surface area contributed by atoms with Gasteiger partial charge in [0.05, 0.1) is 16.7 Å². The Morgan fingerprint density at radius 2 is 0.860 bits per heavy atom. The molecule has 0 spiro atoms. The largest absolute Gasteiger partial charge is 0.309 e. The first kappa shape index (κ1) is 29.4. The van der Waals surface area contributed by atoms with Crippen molar-refractivity contribution in [2.24, 2.45) is 0 Å². The molecule has 7 aromatic carbocycles. The van der Waals surface area contributed by atoms with Crippen molar-refractivity contribution < 1.29 is 4.39 Å². The van der Waals surface area contributed by atoms with Gasteiger partial charge in [0.25, 0.3) is 0 Å². The van der Waals surface area contributed by atoms with E-state index in [1.807, 2.05) is 84.9 Å². The van der Waals surface area contributed by atoms with Gasteiger partial charge in [-0.1, -0.05) is 140 Å². The van der Waals surface area contributed by atoms with Crippen LogP contribution in [0.1, 0.15) is 0 Å². The highest BCUT2D eigenvalue weighted by atomic mass is 19.1. The minimum Gasteiger partial charge on any atom is -0.309 e. The molecule has 0 amide bonds. The van der Waals surface area contributed by atoms with Gasteiger partial charge in [-0.05, 0) is 53.1 Å². The second-order valence-electron chi connectivity index (χ2n) is 12.2. The summed E-state index contributed by atoms with van der Waals surface area (Å²) in [5, 5.41) is 2.30. The number of halogens is 1. The summed E-state index contributed by atoms with van der Waals surface area (Å²) in [6, 6.07) is 58.5. The van der Waals surface area contributed by atoms with E-state index < -0.39 is 0 Å². The molecule has 0 saturated carbocycles. The third kappa shape index (κ3) is 5.31. The monoisotopic (exact) mass is 644 g/mol. The van der Waals surface area contributed by atoms with Crippen LogP contribution in [0.2, 0.25) is 0 Å². The van der Waals surface area contributed by atoms with Gasteiger partial charge in [-0.3, -0.25) is 0 Å². The first-order valence-electron chi connectivity index (χ1n) is 16.6. The predicted octanol–water partition coefficient (Wildman–Crippen LogP) is 11.4. The lowest BCUT2D eigenvalue weighted by molar-refractivity contribution is 0.628. The Morgan fingerprint density at radius 1 is 0.360 bits per heavy atom. The van der Waals surface area contributed by atoms with Crippen LogP contribution in [0.3, 0.4) is 0 Å². The van der Waals surface area contributed by atoms with Crippen LogP contribution < -0.4 is 0 Å². The second-order valence-corrected chi connectivity index (χ2v) is 12.2. The van der Waals surface area contributed by atoms with Crippen molar-refractivity contribution in [2.45, 2.75) is 0 Å². The molecule has 0 aliphatic rings. The molecule has 2 heterocycles. The van der Waals surface area contributed by atoms with Gasteiger partial charge in [0.1, 0.15) is 5.82 Å². The van der Waals surface area contributed by atoms with Crippen molar-refractivity contribution in [1.82, 2.24) is 19.5 Å². The van der Waals surface area contributed by atoms with E-state index in [4.69, 9.17) is 15.0 Å². The normalized spacial score (nSPS) is 11.3. The molecule has 236 valence electrons. The fourth-order valence-corrected chi connectivity index (χ4v) is 6.71. The van der Waals surface area contributed by atoms with Crippen LogP contribution >= 0.6 is 0 Å². The van der Waals surface area contributed by atoms with Crippen molar-refractivity contribution in [3.05, 3.63) is 182 Å². The Hall–Kier alpha value is -6.72. The molecule has 2 aromatic heterocycles. The molecule has 4 nitrogen and oxygen atoms in total. The van der Waals surface area contributed by atoms with Gasteiger partial charge in [-0.2, -0.15) is 0 Å². The summed E-state index contributed by atoms with van der Waals surface area (Å²) in [6.07, 6.45) is 0. The molecule has 5 heteroatoms. The number of benzene rings is 7. The summed E-state index contributed by atoms with van der Waals surface area (Å²) in [5.74, 6) is 1.49. The van der Waals surface area contributed by atoms with E-state index in [1.54, 1.807) is 0 Å². The SMILES string of the molecule is Fc1ccc(-c2ccc(-c3nc(-c4ccccc4)nc(-c4ccccc4)n3)cc2-n2c3ccccc3c3cc(-c4ccccc4)ccc32)cc1. The first-order valence-corrected chi connectivity index (χ1v) is 16.6. The maximum absolute atomic E-state index is 14.2. The van der Waals surface area contributed by atoms with Crippen molar-refractivity contribution in [1.29, 1.82) is 0 Å². The van der Waals surface area contributed by atoms with Crippen LogP contribution in [0.5, 0.6) is 0 Å². The lowest BCUT2D eigenvalue weighted by Crippen LogP contribution is -2.02. The highest BCUT2D eigenvalue weighted by molar-refractivity contribution is 6.11. The van der Waals surface area contributed by atoms with Crippen LogP contribution in [0, 0.1) is 5.82 Å². The summed E-state index contributed by atoms with van der Waals surface area (Å²) >= 11 is 0. The highest BCUT2D eigenvalue weighted by Crippen LogP contribution is 2.39. The number of hydrogen-bond donors (Lipinski definition) is 0. The zero-order valence-corrected chi connectivity index (χ0v) is 26.9.